The van der Waals surface area contributed by atoms with Gasteiger partial charge in [-0.1, -0.05) is 45.2 Å². The number of nitrogens with one attached hydrogen (secondary N) is 1. The molecular weight excluding hydrogens is 440 g/mol. The van der Waals surface area contributed by atoms with E-state index in [0.29, 0.717) is 23.2 Å². The number of hydrogen-bond donors (Lipinski definition) is 1. The zero-order chi connectivity index (χ0) is 18.5. The third-order valence-electron chi connectivity index (χ3n) is 3.73. The zero-order valence-electron chi connectivity index (χ0n) is 13.6. The molecule has 0 aliphatic rings. The molecule has 0 aliphatic heterocycles. The summed E-state index contributed by atoms with van der Waals surface area (Å²) in [6.07, 6.45) is 0. The van der Waals surface area contributed by atoms with Crippen LogP contribution in [0.1, 0.15) is 11.1 Å². The Balaban J connectivity index is 1.70. The van der Waals surface area contributed by atoms with Gasteiger partial charge in [-0.15, -0.1) is 0 Å². The Hall–Kier alpha value is -1.75. The maximum atomic E-state index is 13.0. The monoisotopic (exact) mass is 453 g/mol. The van der Waals surface area contributed by atoms with Gasteiger partial charge >= 0.3 is 0 Å². The predicted octanol–water partition coefficient (Wildman–Crippen LogP) is 7.09. The highest BCUT2D eigenvalue weighted by Crippen LogP contribution is 2.27. The van der Waals surface area contributed by atoms with Crippen molar-refractivity contribution in [1.82, 2.24) is 0 Å². The lowest BCUT2D eigenvalue weighted by Crippen LogP contribution is -2.04. The van der Waals surface area contributed by atoms with Crippen molar-refractivity contribution in [3.05, 3.63) is 92.1 Å². The largest absolute Gasteiger partial charge is 0.489 e. The topological polar surface area (TPSA) is 21.3 Å². The van der Waals surface area contributed by atoms with Crippen LogP contribution in [0, 0.1) is 5.82 Å². The van der Waals surface area contributed by atoms with Crippen LogP contribution in [-0.4, -0.2) is 0 Å². The average molecular weight is 455 g/mol. The molecule has 0 radical (unpaired) electrons. The summed E-state index contributed by atoms with van der Waals surface area (Å²) in [5.41, 5.74) is 2.74. The minimum absolute atomic E-state index is 0.261. The van der Waals surface area contributed by atoms with Gasteiger partial charge in [0.15, 0.2) is 0 Å². The van der Waals surface area contributed by atoms with E-state index in [4.69, 9.17) is 27.9 Å². The van der Waals surface area contributed by atoms with Gasteiger partial charge in [-0.05, 0) is 60.2 Å². The van der Waals surface area contributed by atoms with Gasteiger partial charge in [0, 0.05) is 22.3 Å². The van der Waals surface area contributed by atoms with Crippen molar-refractivity contribution in [3.8, 4) is 5.75 Å². The van der Waals surface area contributed by atoms with Crippen LogP contribution in [0.15, 0.2) is 65.1 Å². The summed E-state index contributed by atoms with van der Waals surface area (Å²) in [5, 5.41) is 4.28. The van der Waals surface area contributed by atoms with Gasteiger partial charge in [0.1, 0.15) is 18.2 Å². The molecule has 26 heavy (non-hydrogen) atoms. The lowest BCUT2D eigenvalue weighted by atomic mass is 10.2. The summed E-state index contributed by atoms with van der Waals surface area (Å²) in [5.74, 6) is 0.498. The average Bonchev–Trinajstić information content (AvgIpc) is 2.63. The van der Waals surface area contributed by atoms with Crippen LogP contribution in [0.3, 0.4) is 0 Å². The maximum absolute atomic E-state index is 13.0. The van der Waals surface area contributed by atoms with Crippen molar-refractivity contribution in [1.29, 1.82) is 0 Å². The fourth-order valence-electron chi connectivity index (χ4n) is 2.38. The van der Waals surface area contributed by atoms with Gasteiger partial charge in [0.25, 0.3) is 0 Å². The lowest BCUT2D eigenvalue weighted by molar-refractivity contribution is 0.303. The van der Waals surface area contributed by atoms with E-state index in [1.807, 2.05) is 24.3 Å². The van der Waals surface area contributed by atoms with Crippen molar-refractivity contribution in [2.24, 2.45) is 0 Å². The molecule has 134 valence electrons. The van der Waals surface area contributed by atoms with E-state index in [9.17, 15) is 4.39 Å². The predicted molar refractivity (Wildman–Crippen MR) is 109 cm³/mol. The van der Waals surface area contributed by atoms with Crippen molar-refractivity contribution >= 4 is 44.8 Å². The van der Waals surface area contributed by atoms with Crippen molar-refractivity contribution < 1.29 is 9.13 Å². The number of halogens is 4. The van der Waals surface area contributed by atoms with E-state index in [-0.39, 0.29) is 5.82 Å². The number of hydrogen-bond acceptors (Lipinski definition) is 2. The van der Waals surface area contributed by atoms with Crippen molar-refractivity contribution in [2.75, 3.05) is 5.32 Å². The molecule has 1 N–H and O–H groups in total. The molecule has 0 aromatic heterocycles. The third kappa shape index (κ3) is 5.13. The Morgan fingerprint density at radius 2 is 1.69 bits per heavy atom. The van der Waals surface area contributed by atoms with E-state index < -0.39 is 0 Å². The lowest BCUT2D eigenvalue weighted by Gasteiger charge is -2.14. The zero-order valence-corrected chi connectivity index (χ0v) is 16.7. The normalized spacial score (nSPS) is 10.6. The van der Waals surface area contributed by atoms with Crippen LogP contribution in [0.25, 0.3) is 0 Å². The Labute approximate surface area is 170 Å². The number of ether oxygens (including phenoxy) is 1. The summed E-state index contributed by atoms with van der Waals surface area (Å²) in [7, 11) is 0. The quantitative estimate of drug-likeness (QED) is 0.429. The van der Waals surface area contributed by atoms with Gasteiger partial charge in [-0.2, -0.15) is 0 Å². The van der Waals surface area contributed by atoms with Gasteiger partial charge < -0.3 is 10.1 Å². The Morgan fingerprint density at radius 3 is 2.42 bits per heavy atom. The first-order chi connectivity index (χ1) is 12.5. The maximum Gasteiger partial charge on any atom is 0.124 e. The molecule has 0 saturated heterocycles. The standard InChI is InChI=1S/C20H15BrCl2FNO/c21-15-2-8-20(26-12-13-1-7-18(22)19(23)9-13)14(10-15)11-25-17-5-3-16(24)4-6-17/h1-10,25H,11-12H2. The minimum Gasteiger partial charge on any atom is -0.489 e. The summed E-state index contributed by atoms with van der Waals surface area (Å²) in [4.78, 5) is 0. The van der Waals surface area contributed by atoms with E-state index >= 15 is 0 Å². The van der Waals surface area contributed by atoms with Crippen LogP contribution >= 0.6 is 39.1 Å². The molecule has 0 aliphatic carbocycles. The molecule has 0 amide bonds. The highest BCUT2D eigenvalue weighted by Gasteiger charge is 2.07. The van der Waals surface area contributed by atoms with Gasteiger partial charge in [0.2, 0.25) is 0 Å². The van der Waals surface area contributed by atoms with Crippen molar-refractivity contribution in [3.63, 3.8) is 0 Å². The molecule has 0 fully saturated rings. The Bertz CT molecular complexity index is 903. The number of benzene rings is 3. The van der Waals surface area contributed by atoms with E-state index in [1.165, 1.54) is 12.1 Å². The molecule has 2 nitrogen and oxygen atoms in total. The second-order valence-corrected chi connectivity index (χ2v) is 7.38. The molecule has 0 atom stereocenters. The van der Waals surface area contributed by atoms with Crippen LogP contribution in [0.4, 0.5) is 10.1 Å². The smallest absolute Gasteiger partial charge is 0.124 e. The summed E-state index contributed by atoms with van der Waals surface area (Å²) in [6, 6.07) is 17.5. The van der Waals surface area contributed by atoms with Crippen LogP contribution in [-0.2, 0) is 13.2 Å². The highest BCUT2D eigenvalue weighted by molar-refractivity contribution is 9.10. The molecule has 0 bridgehead atoms. The molecular formula is C20H15BrCl2FNO. The fraction of sp³-hybridized carbons (Fsp3) is 0.100. The second kappa shape index (κ2) is 8.76. The first kappa shape index (κ1) is 19.0. The van der Waals surface area contributed by atoms with Crippen molar-refractivity contribution in [2.45, 2.75) is 13.2 Å². The molecule has 3 aromatic rings. The molecule has 0 saturated carbocycles. The summed E-state index contributed by atoms with van der Waals surface area (Å²) >= 11 is 15.5. The molecule has 3 aromatic carbocycles. The van der Waals surface area contributed by atoms with E-state index in [2.05, 4.69) is 21.2 Å². The van der Waals surface area contributed by atoms with Gasteiger partial charge in [-0.25, -0.2) is 4.39 Å². The van der Waals surface area contributed by atoms with Crippen LogP contribution in [0.5, 0.6) is 5.75 Å². The third-order valence-corrected chi connectivity index (χ3v) is 4.96. The number of anilines is 1. The highest BCUT2D eigenvalue weighted by atomic mass is 79.9. The first-order valence-corrected chi connectivity index (χ1v) is 9.41. The molecule has 0 heterocycles. The van der Waals surface area contributed by atoms with Gasteiger partial charge in [-0.3, -0.25) is 0 Å². The van der Waals surface area contributed by atoms with Crippen LogP contribution < -0.4 is 10.1 Å². The second-order valence-electron chi connectivity index (χ2n) is 5.65. The van der Waals surface area contributed by atoms with Gasteiger partial charge in [0.05, 0.1) is 10.0 Å². The molecule has 0 unspecified atom stereocenters. The van der Waals surface area contributed by atoms with E-state index in [0.717, 1.165) is 27.0 Å². The first-order valence-electron chi connectivity index (χ1n) is 7.86. The van der Waals surface area contributed by atoms with E-state index in [1.54, 1.807) is 24.3 Å². The molecule has 6 heteroatoms. The number of rotatable bonds is 6. The molecule has 0 spiro atoms. The Morgan fingerprint density at radius 1 is 0.923 bits per heavy atom. The van der Waals surface area contributed by atoms with Crippen LogP contribution in [0.2, 0.25) is 10.0 Å². The Kier molecular flexibility index (Phi) is 6.41. The summed E-state index contributed by atoms with van der Waals surface area (Å²) < 4.78 is 19.9. The SMILES string of the molecule is Fc1ccc(NCc2cc(Br)ccc2OCc2ccc(Cl)c(Cl)c2)cc1. The summed E-state index contributed by atoms with van der Waals surface area (Å²) in [6.45, 7) is 0.920. The molecule has 3 rings (SSSR count). The fourth-order valence-corrected chi connectivity index (χ4v) is 3.11. The minimum atomic E-state index is -0.261.